The minimum Gasteiger partial charge on any atom is -0.308 e. The zero-order chi connectivity index (χ0) is 18.4. The Kier molecular flexibility index (Phi) is 6.49. The van der Waals surface area contributed by atoms with Gasteiger partial charge < -0.3 is 4.90 Å². The molecule has 0 saturated carbocycles. The number of anilines is 1. The van der Waals surface area contributed by atoms with Crippen LogP contribution >= 0.6 is 11.6 Å². The minimum atomic E-state index is -0.274. The number of hydrogen-bond donors (Lipinski definition) is 0. The van der Waals surface area contributed by atoms with Gasteiger partial charge in [-0.15, -0.1) is 0 Å². The molecule has 0 radical (unpaired) electrons. The summed E-state index contributed by atoms with van der Waals surface area (Å²) in [6.45, 7) is 2.24. The van der Waals surface area contributed by atoms with E-state index in [1.165, 1.54) is 19.1 Å². The molecule has 2 rings (SSSR count). The van der Waals surface area contributed by atoms with Crippen LogP contribution in [0.15, 0.2) is 30.7 Å². The zero-order valence-corrected chi connectivity index (χ0v) is 15.1. The highest BCUT2D eigenvalue weighted by Gasteiger charge is 2.21. The summed E-state index contributed by atoms with van der Waals surface area (Å²) in [5, 5.41) is 5.52. The third-order valence-corrected chi connectivity index (χ3v) is 3.92. The molecule has 9 heteroatoms. The average Bonchev–Trinajstić information content (AvgIpc) is 3.02. The molecule has 0 bridgehead atoms. The fourth-order valence-corrected chi connectivity index (χ4v) is 2.47. The first-order chi connectivity index (χ1) is 12.0. The lowest BCUT2D eigenvalue weighted by atomic mass is 10.2. The van der Waals surface area contributed by atoms with Crippen molar-refractivity contribution in [2.75, 3.05) is 25.6 Å². The second kappa shape index (κ2) is 8.59. The first-order valence-corrected chi connectivity index (χ1v) is 8.12. The van der Waals surface area contributed by atoms with E-state index in [1.54, 1.807) is 29.3 Å². The van der Waals surface area contributed by atoms with Crippen LogP contribution < -0.4 is 4.90 Å². The van der Waals surface area contributed by atoms with Crippen LogP contribution in [0.25, 0.3) is 5.69 Å². The molecule has 25 heavy (non-hydrogen) atoms. The second-order valence-electron chi connectivity index (χ2n) is 5.17. The number of aromatic nitrogens is 3. The molecule has 2 amide bonds. The SMILES string of the molecule is CCN(C(=O)CCC(=O)N(C)OC)c1cn(-c2cccnc2)nc1Cl. The number of hydroxylamine groups is 2. The number of hydrogen-bond acceptors (Lipinski definition) is 5. The van der Waals surface area contributed by atoms with Gasteiger partial charge in [-0.05, 0) is 19.1 Å². The quantitative estimate of drug-likeness (QED) is 0.702. The molecule has 8 nitrogen and oxygen atoms in total. The highest BCUT2D eigenvalue weighted by Crippen LogP contribution is 2.26. The van der Waals surface area contributed by atoms with Crippen molar-refractivity contribution in [3.63, 3.8) is 0 Å². The highest BCUT2D eigenvalue weighted by molar-refractivity contribution is 6.32. The summed E-state index contributed by atoms with van der Waals surface area (Å²) in [6.07, 6.45) is 5.07. The fourth-order valence-electron chi connectivity index (χ4n) is 2.24. The molecule has 0 aliphatic carbocycles. The molecule has 0 N–H and O–H groups in total. The Labute approximate surface area is 150 Å². The van der Waals surface area contributed by atoms with Gasteiger partial charge in [0.1, 0.15) is 5.69 Å². The molecular weight excluding hydrogens is 346 g/mol. The van der Waals surface area contributed by atoms with Crippen LogP contribution in [0.2, 0.25) is 5.15 Å². The smallest absolute Gasteiger partial charge is 0.246 e. The highest BCUT2D eigenvalue weighted by atomic mass is 35.5. The van der Waals surface area contributed by atoms with E-state index < -0.39 is 0 Å². The van der Waals surface area contributed by atoms with E-state index in [4.69, 9.17) is 16.4 Å². The number of carbonyl (C=O) groups is 2. The topological polar surface area (TPSA) is 80.6 Å². The number of carbonyl (C=O) groups excluding carboxylic acids is 2. The fraction of sp³-hybridized carbons (Fsp3) is 0.375. The maximum atomic E-state index is 12.5. The molecule has 2 aromatic heterocycles. The molecular formula is C16H20ClN5O3. The van der Waals surface area contributed by atoms with Crippen molar-refractivity contribution in [1.82, 2.24) is 19.8 Å². The first-order valence-electron chi connectivity index (χ1n) is 7.74. The van der Waals surface area contributed by atoms with E-state index in [9.17, 15) is 9.59 Å². The van der Waals surface area contributed by atoms with E-state index in [0.29, 0.717) is 12.2 Å². The van der Waals surface area contributed by atoms with Crippen LogP contribution in [0.4, 0.5) is 5.69 Å². The lowest BCUT2D eigenvalue weighted by Crippen LogP contribution is -2.32. The van der Waals surface area contributed by atoms with E-state index in [-0.39, 0.29) is 29.8 Å². The molecule has 0 saturated heterocycles. The first kappa shape index (κ1) is 18.9. The van der Waals surface area contributed by atoms with Gasteiger partial charge in [0.2, 0.25) is 11.8 Å². The lowest BCUT2D eigenvalue weighted by Gasteiger charge is -2.20. The predicted molar refractivity (Wildman–Crippen MR) is 93.4 cm³/mol. The summed E-state index contributed by atoms with van der Waals surface area (Å²) in [5.41, 5.74) is 1.22. The van der Waals surface area contributed by atoms with Crippen LogP contribution in [0.1, 0.15) is 19.8 Å². The van der Waals surface area contributed by atoms with Crippen LogP contribution in [0.3, 0.4) is 0 Å². The van der Waals surface area contributed by atoms with Crippen molar-refractivity contribution in [3.8, 4) is 5.69 Å². The van der Waals surface area contributed by atoms with Crippen LogP contribution in [-0.4, -0.2) is 52.3 Å². The Morgan fingerprint density at radius 1 is 1.32 bits per heavy atom. The van der Waals surface area contributed by atoms with Crippen molar-refractivity contribution in [2.45, 2.75) is 19.8 Å². The van der Waals surface area contributed by atoms with E-state index in [1.807, 2.05) is 13.0 Å². The molecule has 134 valence electrons. The molecule has 0 unspecified atom stereocenters. The lowest BCUT2D eigenvalue weighted by molar-refractivity contribution is -0.169. The van der Waals surface area contributed by atoms with Gasteiger partial charge in [-0.2, -0.15) is 5.10 Å². The van der Waals surface area contributed by atoms with Crippen molar-refractivity contribution in [2.24, 2.45) is 0 Å². The number of nitrogens with zero attached hydrogens (tertiary/aromatic N) is 5. The molecule has 2 aromatic rings. The normalized spacial score (nSPS) is 10.6. The Bertz CT molecular complexity index is 735. The number of rotatable bonds is 7. The van der Waals surface area contributed by atoms with E-state index in [2.05, 4.69) is 10.1 Å². The van der Waals surface area contributed by atoms with Gasteiger partial charge in [-0.25, -0.2) is 9.75 Å². The van der Waals surface area contributed by atoms with Gasteiger partial charge in [0.15, 0.2) is 5.15 Å². The number of pyridine rings is 1. The molecule has 0 aliphatic heterocycles. The molecule has 0 aliphatic rings. The summed E-state index contributed by atoms with van der Waals surface area (Å²) in [5.74, 6) is -0.489. The molecule has 0 atom stereocenters. The Hall–Kier alpha value is -2.45. The van der Waals surface area contributed by atoms with Gasteiger partial charge in [0, 0.05) is 32.6 Å². The second-order valence-corrected chi connectivity index (χ2v) is 5.53. The van der Waals surface area contributed by atoms with Gasteiger partial charge in [0.25, 0.3) is 0 Å². The summed E-state index contributed by atoms with van der Waals surface area (Å²) < 4.78 is 1.56. The monoisotopic (exact) mass is 365 g/mol. The average molecular weight is 366 g/mol. The summed E-state index contributed by atoms with van der Waals surface area (Å²) >= 11 is 6.21. The Morgan fingerprint density at radius 2 is 2.04 bits per heavy atom. The Balaban J connectivity index is 2.13. The van der Waals surface area contributed by atoms with Crippen LogP contribution in [0.5, 0.6) is 0 Å². The minimum absolute atomic E-state index is 0.0496. The van der Waals surface area contributed by atoms with Gasteiger partial charge in [-0.3, -0.25) is 19.4 Å². The van der Waals surface area contributed by atoms with Crippen molar-refractivity contribution >= 4 is 29.1 Å². The maximum absolute atomic E-state index is 12.5. The standard InChI is InChI=1S/C16H20ClN5O3/c1-4-21(15(24)8-7-14(23)20(2)25-3)13-11-22(19-16(13)17)12-6-5-9-18-10-12/h5-6,9-11H,4,7-8H2,1-3H3. The largest absolute Gasteiger partial charge is 0.308 e. The molecule has 0 spiro atoms. The van der Waals surface area contributed by atoms with Gasteiger partial charge in [0.05, 0.1) is 25.2 Å². The maximum Gasteiger partial charge on any atom is 0.246 e. The predicted octanol–water partition coefficient (Wildman–Crippen LogP) is 2.07. The van der Waals surface area contributed by atoms with Crippen molar-refractivity contribution < 1.29 is 14.4 Å². The molecule has 0 aromatic carbocycles. The van der Waals surface area contributed by atoms with Crippen LogP contribution in [-0.2, 0) is 14.4 Å². The Morgan fingerprint density at radius 3 is 2.64 bits per heavy atom. The van der Waals surface area contributed by atoms with Gasteiger partial charge in [-0.1, -0.05) is 11.6 Å². The van der Waals surface area contributed by atoms with Gasteiger partial charge >= 0.3 is 0 Å². The zero-order valence-electron chi connectivity index (χ0n) is 14.3. The molecule has 2 heterocycles. The van der Waals surface area contributed by atoms with E-state index >= 15 is 0 Å². The van der Waals surface area contributed by atoms with E-state index in [0.717, 1.165) is 10.8 Å². The van der Waals surface area contributed by atoms with Crippen LogP contribution in [0, 0.1) is 0 Å². The molecule has 0 fully saturated rings. The summed E-state index contributed by atoms with van der Waals surface area (Å²) in [7, 11) is 2.89. The van der Waals surface area contributed by atoms with Crippen molar-refractivity contribution in [1.29, 1.82) is 0 Å². The summed E-state index contributed by atoms with van der Waals surface area (Å²) in [6, 6.07) is 3.61. The third-order valence-electron chi connectivity index (χ3n) is 3.65. The summed E-state index contributed by atoms with van der Waals surface area (Å²) in [4.78, 5) is 34.6. The van der Waals surface area contributed by atoms with Crippen molar-refractivity contribution in [3.05, 3.63) is 35.9 Å². The number of halogens is 1. The third kappa shape index (κ3) is 4.55. The number of amides is 2.